The molecule has 0 spiro atoms. The van der Waals surface area contributed by atoms with Gasteiger partial charge in [0, 0.05) is 24.4 Å². The average molecular weight is 385 g/mol. The molecule has 0 unspecified atom stereocenters. The van der Waals surface area contributed by atoms with Crippen LogP contribution in [0.25, 0.3) is 28.8 Å². The van der Waals surface area contributed by atoms with Gasteiger partial charge in [0.1, 0.15) is 5.75 Å². The zero-order valence-electron chi connectivity index (χ0n) is 15.8. The maximum atomic E-state index is 12.0. The normalized spacial score (nSPS) is 11.1. The highest BCUT2D eigenvalue weighted by atomic mass is 16.5. The Balaban J connectivity index is 1.34. The number of rotatable bonds is 6. The highest BCUT2D eigenvalue weighted by molar-refractivity contribution is 5.91. The van der Waals surface area contributed by atoms with Gasteiger partial charge in [0.05, 0.1) is 7.11 Å². The summed E-state index contributed by atoms with van der Waals surface area (Å²) >= 11 is 0. The van der Waals surface area contributed by atoms with E-state index in [0.29, 0.717) is 23.7 Å². The third kappa shape index (κ3) is 4.50. The van der Waals surface area contributed by atoms with E-state index < -0.39 is 0 Å². The average Bonchev–Trinajstić information content (AvgIpc) is 3.21. The number of fused-ring (bicyclic) bond motifs is 1. The van der Waals surface area contributed by atoms with Crippen molar-refractivity contribution in [2.24, 2.45) is 0 Å². The van der Waals surface area contributed by atoms with Crippen LogP contribution in [0.1, 0.15) is 11.1 Å². The Morgan fingerprint density at radius 3 is 2.62 bits per heavy atom. The summed E-state index contributed by atoms with van der Waals surface area (Å²) in [5.41, 5.74) is 4.01. The van der Waals surface area contributed by atoms with Gasteiger partial charge in [-0.2, -0.15) is 4.98 Å². The van der Waals surface area contributed by atoms with Crippen molar-refractivity contribution < 1.29 is 13.9 Å². The standard InChI is InChI=1S/C23H19N3O3/c1-28-19-11-6-16(7-12-19)8-13-21(27)25-15-17-4-9-18(10-5-17)23-26-22-20(29-23)3-2-14-24-22/h2-14H,15H2,1H3,(H,25,27). The second kappa shape index (κ2) is 8.39. The minimum atomic E-state index is -0.157. The molecule has 4 aromatic rings. The molecule has 2 aromatic carbocycles. The molecule has 0 bridgehead atoms. The van der Waals surface area contributed by atoms with Gasteiger partial charge in [-0.15, -0.1) is 0 Å². The van der Waals surface area contributed by atoms with E-state index >= 15 is 0 Å². The molecule has 1 N–H and O–H groups in total. The molecule has 6 heteroatoms. The molecule has 4 rings (SSSR count). The zero-order chi connectivity index (χ0) is 20.1. The molecule has 2 heterocycles. The summed E-state index contributed by atoms with van der Waals surface area (Å²) in [6.45, 7) is 0.432. The molecular weight excluding hydrogens is 366 g/mol. The van der Waals surface area contributed by atoms with Crippen molar-refractivity contribution in [1.82, 2.24) is 15.3 Å². The van der Waals surface area contributed by atoms with Gasteiger partial charge in [-0.3, -0.25) is 4.79 Å². The maximum Gasteiger partial charge on any atom is 0.244 e. The van der Waals surface area contributed by atoms with Crippen LogP contribution in [0, 0.1) is 0 Å². The van der Waals surface area contributed by atoms with Gasteiger partial charge < -0.3 is 14.5 Å². The predicted octanol–water partition coefficient (Wildman–Crippen LogP) is 4.23. The SMILES string of the molecule is COc1ccc(C=CC(=O)NCc2ccc(-c3nc4ncccc4o3)cc2)cc1. The number of ether oxygens (including phenoxy) is 1. The fourth-order valence-electron chi connectivity index (χ4n) is 2.79. The van der Waals surface area contributed by atoms with Gasteiger partial charge in [0.2, 0.25) is 11.8 Å². The smallest absolute Gasteiger partial charge is 0.244 e. The summed E-state index contributed by atoms with van der Waals surface area (Å²) in [5.74, 6) is 1.15. The molecule has 0 atom stereocenters. The van der Waals surface area contributed by atoms with Gasteiger partial charge in [-0.25, -0.2) is 4.98 Å². The number of carbonyl (C=O) groups excluding carboxylic acids is 1. The predicted molar refractivity (Wildman–Crippen MR) is 111 cm³/mol. The highest BCUT2D eigenvalue weighted by Gasteiger charge is 2.08. The molecule has 0 saturated heterocycles. The minimum absolute atomic E-state index is 0.157. The Kier molecular flexibility index (Phi) is 5.33. The van der Waals surface area contributed by atoms with Crippen molar-refractivity contribution in [2.75, 3.05) is 7.11 Å². The van der Waals surface area contributed by atoms with Crippen LogP contribution in [-0.4, -0.2) is 23.0 Å². The number of methoxy groups -OCH3 is 1. The van der Waals surface area contributed by atoms with E-state index in [1.807, 2.05) is 60.7 Å². The first kappa shape index (κ1) is 18.4. The van der Waals surface area contributed by atoms with Crippen LogP contribution >= 0.6 is 0 Å². The fraction of sp³-hybridized carbons (Fsp3) is 0.0870. The zero-order valence-corrected chi connectivity index (χ0v) is 15.8. The van der Waals surface area contributed by atoms with Crippen LogP contribution in [0.4, 0.5) is 0 Å². The Morgan fingerprint density at radius 1 is 1.10 bits per heavy atom. The van der Waals surface area contributed by atoms with E-state index in [2.05, 4.69) is 15.3 Å². The topological polar surface area (TPSA) is 77.2 Å². The van der Waals surface area contributed by atoms with Gasteiger partial charge in [0.25, 0.3) is 0 Å². The Bertz CT molecular complexity index is 1110. The number of nitrogens with one attached hydrogen (secondary N) is 1. The van der Waals surface area contributed by atoms with Crippen molar-refractivity contribution in [3.8, 4) is 17.2 Å². The summed E-state index contributed by atoms with van der Waals surface area (Å²) in [6.07, 6.45) is 4.96. The molecule has 0 saturated carbocycles. The first-order valence-corrected chi connectivity index (χ1v) is 9.12. The van der Waals surface area contributed by atoms with Gasteiger partial charge in [-0.05, 0) is 53.6 Å². The van der Waals surface area contributed by atoms with Gasteiger partial charge in [0.15, 0.2) is 11.2 Å². The number of hydrogen-bond donors (Lipinski definition) is 1. The van der Waals surface area contributed by atoms with Crippen LogP contribution in [0.2, 0.25) is 0 Å². The Hall–Kier alpha value is -3.93. The Labute approximate surface area is 167 Å². The number of nitrogens with zero attached hydrogens (tertiary/aromatic N) is 2. The third-order valence-electron chi connectivity index (χ3n) is 4.38. The molecule has 2 aromatic heterocycles. The second-order valence-corrected chi connectivity index (χ2v) is 6.37. The summed E-state index contributed by atoms with van der Waals surface area (Å²) in [5, 5.41) is 2.87. The first-order chi connectivity index (χ1) is 14.2. The molecule has 1 amide bonds. The molecule has 0 fully saturated rings. The largest absolute Gasteiger partial charge is 0.497 e. The Morgan fingerprint density at radius 2 is 1.90 bits per heavy atom. The highest BCUT2D eigenvalue weighted by Crippen LogP contribution is 2.23. The summed E-state index contributed by atoms with van der Waals surface area (Å²) in [4.78, 5) is 20.6. The van der Waals surface area contributed by atoms with Crippen LogP contribution in [0.3, 0.4) is 0 Å². The summed E-state index contributed by atoms with van der Waals surface area (Å²) < 4.78 is 10.8. The van der Waals surface area contributed by atoms with Crippen molar-refractivity contribution in [2.45, 2.75) is 6.54 Å². The number of hydrogen-bond acceptors (Lipinski definition) is 5. The molecule has 0 aliphatic heterocycles. The van der Waals surface area contributed by atoms with Crippen molar-refractivity contribution in [1.29, 1.82) is 0 Å². The van der Waals surface area contributed by atoms with Gasteiger partial charge in [-0.1, -0.05) is 24.3 Å². The van der Waals surface area contributed by atoms with E-state index in [1.54, 1.807) is 19.4 Å². The molecule has 0 radical (unpaired) electrons. The van der Waals surface area contributed by atoms with E-state index in [1.165, 1.54) is 6.08 Å². The first-order valence-electron chi connectivity index (χ1n) is 9.12. The fourth-order valence-corrected chi connectivity index (χ4v) is 2.79. The minimum Gasteiger partial charge on any atom is -0.497 e. The van der Waals surface area contributed by atoms with Crippen molar-refractivity contribution in [3.63, 3.8) is 0 Å². The van der Waals surface area contributed by atoms with E-state index in [0.717, 1.165) is 22.4 Å². The molecule has 6 nitrogen and oxygen atoms in total. The lowest BCUT2D eigenvalue weighted by atomic mass is 10.1. The van der Waals surface area contributed by atoms with E-state index in [-0.39, 0.29) is 5.91 Å². The van der Waals surface area contributed by atoms with E-state index in [9.17, 15) is 4.79 Å². The van der Waals surface area contributed by atoms with Crippen LogP contribution in [-0.2, 0) is 11.3 Å². The number of carbonyl (C=O) groups is 1. The summed E-state index contributed by atoms with van der Waals surface area (Å²) in [7, 11) is 1.62. The van der Waals surface area contributed by atoms with E-state index in [4.69, 9.17) is 9.15 Å². The monoisotopic (exact) mass is 385 g/mol. The molecule has 144 valence electrons. The van der Waals surface area contributed by atoms with Gasteiger partial charge >= 0.3 is 0 Å². The maximum absolute atomic E-state index is 12.0. The summed E-state index contributed by atoms with van der Waals surface area (Å²) in [6, 6.07) is 18.8. The number of oxazole rings is 1. The van der Waals surface area contributed by atoms with Crippen molar-refractivity contribution >= 4 is 23.2 Å². The van der Waals surface area contributed by atoms with Crippen LogP contribution in [0.15, 0.2) is 77.4 Å². The quantitative estimate of drug-likeness (QED) is 0.503. The molecule has 0 aliphatic carbocycles. The lowest BCUT2D eigenvalue weighted by Crippen LogP contribution is -2.20. The second-order valence-electron chi connectivity index (χ2n) is 6.37. The molecular formula is C23H19N3O3. The lowest BCUT2D eigenvalue weighted by molar-refractivity contribution is -0.116. The number of benzene rings is 2. The number of pyridine rings is 1. The number of aromatic nitrogens is 2. The molecule has 29 heavy (non-hydrogen) atoms. The van der Waals surface area contributed by atoms with Crippen LogP contribution in [0.5, 0.6) is 5.75 Å². The lowest BCUT2D eigenvalue weighted by Gasteiger charge is -2.04. The van der Waals surface area contributed by atoms with Crippen molar-refractivity contribution in [3.05, 3.63) is 84.1 Å². The molecule has 0 aliphatic rings. The third-order valence-corrected chi connectivity index (χ3v) is 4.38. The van der Waals surface area contributed by atoms with Crippen LogP contribution < -0.4 is 10.1 Å². The number of amides is 1.